The van der Waals surface area contributed by atoms with E-state index in [0.29, 0.717) is 0 Å². The molecule has 1 heterocycles. The molecule has 0 atom stereocenters. The monoisotopic (exact) mass is 351 g/mol. The van der Waals surface area contributed by atoms with Crippen LogP contribution in [-0.2, 0) is 13.3 Å². The summed E-state index contributed by atoms with van der Waals surface area (Å²) in [6, 6.07) is 1.03. The van der Waals surface area contributed by atoms with Gasteiger partial charge < -0.3 is 9.84 Å². The molecule has 0 aliphatic rings. The van der Waals surface area contributed by atoms with E-state index in [4.69, 9.17) is 5.11 Å². The van der Waals surface area contributed by atoms with E-state index in [1.54, 1.807) is 0 Å². The lowest BCUT2D eigenvalue weighted by atomic mass is 10.2. The summed E-state index contributed by atoms with van der Waals surface area (Å²) in [4.78, 5) is 3.63. The fraction of sp³-hybridized carbons (Fsp3) is 0.375. The molecule has 1 aromatic rings. The third-order valence-corrected chi connectivity index (χ3v) is 2.32. The molecule has 0 saturated carbocycles. The van der Waals surface area contributed by atoms with Crippen LogP contribution in [0.15, 0.2) is 6.07 Å². The minimum absolute atomic E-state index is 0.0894. The van der Waals surface area contributed by atoms with Gasteiger partial charge in [0.15, 0.2) is 5.75 Å². The summed E-state index contributed by atoms with van der Waals surface area (Å²) in [5.74, 6) is -0.659. The summed E-state index contributed by atoms with van der Waals surface area (Å²) in [7, 11) is 0. The first-order chi connectivity index (χ1) is 7.37. The van der Waals surface area contributed by atoms with Crippen molar-refractivity contribution in [1.82, 2.24) is 4.98 Å². The maximum absolute atomic E-state index is 12.5. The van der Waals surface area contributed by atoms with Crippen LogP contribution in [-0.4, -0.2) is 16.5 Å². The van der Waals surface area contributed by atoms with Crippen LogP contribution in [0, 0.1) is 3.70 Å². The van der Waals surface area contributed by atoms with Crippen LogP contribution in [0.3, 0.4) is 0 Å². The number of hydrogen-bond acceptors (Lipinski definition) is 3. The zero-order valence-electron chi connectivity index (χ0n) is 7.68. The second-order valence-electron chi connectivity index (χ2n) is 2.73. The molecule has 0 aliphatic carbocycles. The lowest BCUT2D eigenvalue weighted by molar-refractivity contribution is -0.275. The SMILES string of the molecule is OCc1cc(CF)c(OC(F)(F)F)c(I)n1. The molecule has 0 bridgehead atoms. The first kappa shape index (κ1) is 13.4. The van der Waals surface area contributed by atoms with E-state index in [2.05, 4.69) is 9.72 Å². The van der Waals surface area contributed by atoms with Gasteiger partial charge in [-0.15, -0.1) is 13.2 Å². The number of nitrogens with zero attached hydrogens (tertiary/aromatic N) is 1. The van der Waals surface area contributed by atoms with Crippen LogP contribution in [0.25, 0.3) is 0 Å². The van der Waals surface area contributed by atoms with Crippen LogP contribution in [0.2, 0.25) is 0 Å². The Hall–Kier alpha value is -0.640. The predicted molar refractivity (Wildman–Crippen MR) is 54.4 cm³/mol. The highest BCUT2D eigenvalue weighted by molar-refractivity contribution is 14.1. The molecule has 90 valence electrons. The second-order valence-corrected chi connectivity index (χ2v) is 3.75. The van der Waals surface area contributed by atoms with Crippen molar-refractivity contribution in [3.63, 3.8) is 0 Å². The zero-order chi connectivity index (χ0) is 12.3. The van der Waals surface area contributed by atoms with Crippen molar-refractivity contribution >= 4 is 22.6 Å². The number of halogens is 5. The highest BCUT2D eigenvalue weighted by Gasteiger charge is 2.33. The molecular formula is C8H6F4INO2. The molecule has 0 amide bonds. The van der Waals surface area contributed by atoms with Crippen molar-refractivity contribution in [2.24, 2.45) is 0 Å². The first-order valence-electron chi connectivity index (χ1n) is 3.98. The van der Waals surface area contributed by atoms with E-state index < -0.39 is 25.4 Å². The Balaban J connectivity index is 3.16. The molecular weight excluding hydrogens is 345 g/mol. The maximum Gasteiger partial charge on any atom is 0.573 e. The number of alkyl halides is 4. The minimum Gasteiger partial charge on any atom is -0.403 e. The molecule has 0 radical (unpaired) electrons. The number of hydrogen-bond donors (Lipinski definition) is 1. The van der Waals surface area contributed by atoms with Gasteiger partial charge in [0, 0.05) is 5.56 Å². The van der Waals surface area contributed by atoms with Gasteiger partial charge in [0.1, 0.15) is 10.4 Å². The number of aromatic nitrogens is 1. The Bertz CT molecular complexity index is 383. The minimum atomic E-state index is -4.90. The Labute approximate surface area is 102 Å². The van der Waals surface area contributed by atoms with Gasteiger partial charge in [0.25, 0.3) is 0 Å². The van der Waals surface area contributed by atoms with Crippen molar-refractivity contribution in [3.05, 3.63) is 21.0 Å². The van der Waals surface area contributed by atoms with E-state index in [1.165, 1.54) is 22.6 Å². The van der Waals surface area contributed by atoms with Crippen molar-refractivity contribution in [2.75, 3.05) is 0 Å². The fourth-order valence-corrected chi connectivity index (χ4v) is 1.78. The van der Waals surface area contributed by atoms with Crippen LogP contribution < -0.4 is 4.74 Å². The third kappa shape index (κ3) is 3.44. The Morgan fingerprint density at radius 1 is 1.44 bits per heavy atom. The Morgan fingerprint density at radius 2 is 2.06 bits per heavy atom. The molecule has 1 rings (SSSR count). The van der Waals surface area contributed by atoms with Gasteiger partial charge >= 0.3 is 6.36 Å². The lowest BCUT2D eigenvalue weighted by Gasteiger charge is -2.13. The van der Waals surface area contributed by atoms with Crippen LogP contribution in [0.4, 0.5) is 17.6 Å². The molecule has 0 fully saturated rings. The lowest BCUT2D eigenvalue weighted by Crippen LogP contribution is -2.19. The first-order valence-corrected chi connectivity index (χ1v) is 5.06. The normalized spacial score (nSPS) is 11.6. The van der Waals surface area contributed by atoms with Gasteiger partial charge in [-0.05, 0) is 28.7 Å². The summed E-state index contributed by atoms with van der Waals surface area (Å²) in [6.07, 6.45) is -4.90. The number of aliphatic hydroxyl groups is 1. The van der Waals surface area contributed by atoms with E-state index in [1.807, 2.05) is 0 Å². The van der Waals surface area contributed by atoms with Crippen LogP contribution >= 0.6 is 22.6 Å². The van der Waals surface area contributed by atoms with E-state index in [9.17, 15) is 17.6 Å². The molecule has 0 saturated heterocycles. The van der Waals surface area contributed by atoms with Gasteiger partial charge in [-0.2, -0.15) is 0 Å². The molecule has 1 aromatic heterocycles. The van der Waals surface area contributed by atoms with Crippen LogP contribution in [0.1, 0.15) is 11.3 Å². The Kier molecular flexibility index (Phi) is 4.30. The van der Waals surface area contributed by atoms with Gasteiger partial charge in [0.2, 0.25) is 0 Å². The molecule has 8 heteroatoms. The van der Waals surface area contributed by atoms with Crippen molar-refractivity contribution in [2.45, 2.75) is 19.6 Å². The molecule has 1 N–H and O–H groups in total. The van der Waals surface area contributed by atoms with Gasteiger partial charge in [-0.3, -0.25) is 0 Å². The predicted octanol–water partition coefficient (Wildman–Crippen LogP) is 2.55. The Morgan fingerprint density at radius 3 is 2.50 bits per heavy atom. The average molecular weight is 351 g/mol. The number of ether oxygens (including phenoxy) is 1. The standard InChI is InChI=1S/C8H6F4INO2/c9-2-4-1-5(3-15)14-7(13)6(4)16-8(10,11)12/h1,15H,2-3H2. The number of aliphatic hydroxyl groups excluding tert-OH is 1. The molecule has 0 unspecified atom stereocenters. The van der Waals surface area contributed by atoms with Crippen molar-refractivity contribution in [3.8, 4) is 5.75 Å². The highest BCUT2D eigenvalue weighted by Crippen LogP contribution is 2.31. The van der Waals surface area contributed by atoms with E-state index in [-0.39, 0.29) is 15.0 Å². The maximum atomic E-state index is 12.5. The summed E-state index contributed by atoms with van der Waals surface area (Å²) in [5, 5.41) is 8.75. The average Bonchev–Trinajstić information content (AvgIpc) is 2.19. The topological polar surface area (TPSA) is 42.4 Å². The summed E-state index contributed by atoms with van der Waals surface area (Å²) in [5.41, 5.74) is -0.202. The highest BCUT2D eigenvalue weighted by atomic mass is 127. The molecule has 0 aliphatic heterocycles. The van der Waals surface area contributed by atoms with E-state index >= 15 is 0 Å². The van der Waals surface area contributed by atoms with Crippen molar-refractivity contribution < 1.29 is 27.4 Å². The van der Waals surface area contributed by atoms with Crippen molar-refractivity contribution in [1.29, 1.82) is 0 Å². The number of pyridine rings is 1. The number of rotatable bonds is 3. The van der Waals surface area contributed by atoms with Gasteiger partial charge in [-0.1, -0.05) is 0 Å². The second kappa shape index (κ2) is 5.13. The summed E-state index contributed by atoms with van der Waals surface area (Å²) < 4.78 is 52.0. The van der Waals surface area contributed by atoms with Crippen LogP contribution in [0.5, 0.6) is 5.75 Å². The van der Waals surface area contributed by atoms with Gasteiger partial charge in [0.05, 0.1) is 12.3 Å². The largest absolute Gasteiger partial charge is 0.573 e. The molecule has 0 spiro atoms. The molecule has 0 aromatic carbocycles. The van der Waals surface area contributed by atoms with Gasteiger partial charge in [-0.25, -0.2) is 9.37 Å². The summed E-state index contributed by atoms with van der Waals surface area (Å²) in [6.45, 7) is -1.60. The quantitative estimate of drug-likeness (QED) is 0.517. The van der Waals surface area contributed by atoms with E-state index in [0.717, 1.165) is 6.07 Å². The zero-order valence-corrected chi connectivity index (χ0v) is 9.84. The summed E-state index contributed by atoms with van der Waals surface area (Å²) >= 11 is 1.48. The fourth-order valence-electron chi connectivity index (χ4n) is 1.01. The molecule has 16 heavy (non-hydrogen) atoms. The molecule has 3 nitrogen and oxygen atoms in total. The smallest absolute Gasteiger partial charge is 0.403 e. The third-order valence-electron chi connectivity index (χ3n) is 1.59.